The number of anilines is 2. The minimum absolute atomic E-state index is 0.161. The van der Waals surface area contributed by atoms with Crippen molar-refractivity contribution < 1.29 is 32.7 Å². The van der Waals surface area contributed by atoms with Gasteiger partial charge in [0, 0.05) is 12.1 Å². The molecule has 0 unspecified atom stereocenters. The van der Waals surface area contributed by atoms with Gasteiger partial charge >= 0.3 is 0 Å². The Morgan fingerprint density at radius 2 is 1.97 bits per heavy atom. The highest BCUT2D eigenvalue weighted by molar-refractivity contribution is 6.01. The number of aliphatic hydroxyl groups excluding tert-OH is 1. The number of hydrogen-bond acceptors (Lipinski definition) is 7. The van der Waals surface area contributed by atoms with Crippen LogP contribution in [0.5, 0.6) is 0 Å². The Morgan fingerprint density at radius 1 is 1.19 bits per heavy atom. The summed E-state index contributed by atoms with van der Waals surface area (Å²) in [6.07, 6.45) is 0.912. The lowest BCUT2D eigenvalue weighted by atomic mass is 10.1. The quantitative estimate of drug-likeness (QED) is 0.243. The molecule has 0 aromatic heterocycles. The second-order valence-corrected chi connectivity index (χ2v) is 6.30. The van der Waals surface area contributed by atoms with Crippen molar-refractivity contribution in [3.05, 3.63) is 58.4 Å². The van der Waals surface area contributed by atoms with Crippen molar-refractivity contribution in [1.29, 1.82) is 0 Å². The van der Waals surface area contributed by atoms with E-state index in [0.29, 0.717) is 12.1 Å². The molecular weight excluding hydrogens is 417 g/mol. The number of nitrogens with one attached hydrogen (secondary N) is 3. The van der Waals surface area contributed by atoms with E-state index in [1.54, 1.807) is 20.0 Å². The molecule has 0 bridgehead atoms. The SMILES string of the molecule is CNCCO/N=C/c1cc(C(=O)NOCCO)c(Nc2ccc(C)cc2F)c(F)c1F. The third-order valence-corrected chi connectivity index (χ3v) is 3.93. The predicted molar refractivity (Wildman–Crippen MR) is 109 cm³/mol. The molecule has 2 aromatic rings. The number of halogens is 3. The Bertz CT molecular complexity index is 941. The minimum atomic E-state index is -1.42. The van der Waals surface area contributed by atoms with Crippen LogP contribution in [0.1, 0.15) is 21.5 Å². The number of amides is 1. The lowest BCUT2D eigenvalue weighted by Crippen LogP contribution is -2.26. The Balaban J connectivity index is 2.43. The number of carbonyl (C=O) groups is 1. The Labute approximate surface area is 177 Å². The van der Waals surface area contributed by atoms with Gasteiger partial charge in [-0.15, -0.1) is 0 Å². The van der Waals surface area contributed by atoms with E-state index < -0.39 is 29.0 Å². The summed E-state index contributed by atoms with van der Waals surface area (Å²) in [5, 5.41) is 17.5. The highest BCUT2D eigenvalue weighted by atomic mass is 19.2. The molecule has 1 amide bonds. The van der Waals surface area contributed by atoms with Crippen molar-refractivity contribution in [3.63, 3.8) is 0 Å². The molecule has 4 N–H and O–H groups in total. The van der Waals surface area contributed by atoms with Crippen molar-refractivity contribution in [2.75, 3.05) is 38.7 Å². The normalized spacial score (nSPS) is 11.0. The van der Waals surface area contributed by atoms with E-state index in [1.807, 2.05) is 5.48 Å². The first-order chi connectivity index (χ1) is 14.9. The first kappa shape index (κ1) is 24.1. The molecule has 0 radical (unpaired) electrons. The average Bonchev–Trinajstić information content (AvgIpc) is 2.74. The van der Waals surface area contributed by atoms with Gasteiger partial charge in [0.15, 0.2) is 11.6 Å². The molecule has 2 aromatic carbocycles. The van der Waals surface area contributed by atoms with Crippen molar-refractivity contribution in [3.8, 4) is 0 Å². The predicted octanol–water partition coefficient (Wildman–Crippen LogP) is 2.38. The Hall–Kier alpha value is -3.15. The van der Waals surface area contributed by atoms with Gasteiger partial charge in [0.25, 0.3) is 5.91 Å². The van der Waals surface area contributed by atoms with Crippen LogP contribution < -0.4 is 16.1 Å². The number of benzene rings is 2. The van der Waals surface area contributed by atoms with E-state index in [2.05, 4.69) is 15.8 Å². The molecule has 8 nitrogen and oxygen atoms in total. The summed E-state index contributed by atoms with van der Waals surface area (Å²) in [5.41, 5.74) is 1.11. The summed E-state index contributed by atoms with van der Waals surface area (Å²) in [4.78, 5) is 22.1. The highest BCUT2D eigenvalue weighted by Gasteiger charge is 2.23. The van der Waals surface area contributed by atoms with Crippen LogP contribution in [0.15, 0.2) is 29.4 Å². The third-order valence-electron chi connectivity index (χ3n) is 3.93. The van der Waals surface area contributed by atoms with Gasteiger partial charge in [-0.2, -0.15) is 0 Å². The number of aliphatic hydroxyl groups is 1. The first-order valence-electron chi connectivity index (χ1n) is 9.27. The molecule has 168 valence electrons. The van der Waals surface area contributed by atoms with Gasteiger partial charge in [-0.3, -0.25) is 9.63 Å². The molecule has 2 rings (SSSR count). The second kappa shape index (κ2) is 11.9. The van der Waals surface area contributed by atoms with E-state index in [4.69, 9.17) is 14.8 Å². The Morgan fingerprint density at radius 3 is 2.65 bits per heavy atom. The molecular formula is C20H23F3N4O4. The summed E-state index contributed by atoms with van der Waals surface area (Å²) >= 11 is 0. The maximum atomic E-state index is 14.9. The zero-order valence-electron chi connectivity index (χ0n) is 17.0. The summed E-state index contributed by atoms with van der Waals surface area (Å²) in [6, 6.07) is 5.10. The molecule has 0 aliphatic heterocycles. The Kier molecular flexibility index (Phi) is 9.25. The summed E-state index contributed by atoms with van der Waals surface area (Å²) < 4.78 is 43.7. The van der Waals surface area contributed by atoms with Gasteiger partial charge < -0.3 is 20.6 Å². The summed E-state index contributed by atoms with van der Waals surface area (Å²) in [5.74, 6) is -4.41. The molecule has 0 heterocycles. The molecule has 0 fully saturated rings. The summed E-state index contributed by atoms with van der Waals surface area (Å²) in [7, 11) is 1.70. The highest BCUT2D eigenvalue weighted by Crippen LogP contribution is 2.30. The van der Waals surface area contributed by atoms with Crippen molar-refractivity contribution in [2.24, 2.45) is 5.16 Å². The lowest BCUT2D eigenvalue weighted by molar-refractivity contribution is 0.0168. The van der Waals surface area contributed by atoms with Crippen LogP contribution >= 0.6 is 0 Å². The topological polar surface area (TPSA) is 104 Å². The van der Waals surface area contributed by atoms with Crippen molar-refractivity contribution in [2.45, 2.75) is 6.92 Å². The maximum Gasteiger partial charge on any atom is 0.277 e. The number of hydroxylamine groups is 1. The van der Waals surface area contributed by atoms with Crippen LogP contribution in [0.25, 0.3) is 0 Å². The van der Waals surface area contributed by atoms with E-state index >= 15 is 0 Å². The van der Waals surface area contributed by atoms with Gasteiger partial charge in [0.05, 0.1) is 36.4 Å². The van der Waals surface area contributed by atoms with Crippen LogP contribution in [0.4, 0.5) is 24.5 Å². The van der Waals surface area contributed by atoms with Crippen LogP contribution in [-0.4, -0.2) is 50.6 Å². The minimum Gasteiger partial charge on any atom is -0.394 e. The number of hydrogen-bond donors (Lipinski definition) is 4. The largest absolute Gasteiger partial charge is 0.394 e. The van der Waals surface area contributed by atoms with Crippen LogP contribution in [0.3, 0.4) is 0 Å². The smallest absolute Gasteiger partial charge is 0.277 e. The first-order valence-corrected chi connectivity index (χ1v) is 9.27. The van der Waals surface area contributed by atoms with E-state index in [9.17, 15) is 18.0 Å². The van der Waals surface area contributed by atoms with Crippen molar-refractivity contribution >= 4 is 23.5 Å². The van der Waals surface area contributed by atoms with Crippen LogP contribution in [0.2, 0.25) is 0 Å². The molecule has 0 saturated carbocycles. The number of oxime groups is 1. The van der Waals surface area contributed by atoms with Gasteiger partial charge in [-0.05, 0) is 37.7 Å². The molecule has 11 heteroatoms. The number of rotatable bonds is 11. The molecule has 0 saturated heterocycles. The van der Waals surface area contributed by atoms with Crippen LogP contribution in [-0.2, 0) is 9.68 Å². The zero-order chi connectivity index (χ0) is 22.8. The number of nitrogens with zero attached hydrogens (tertiary/aromatic N) is 1. The summed E-state index contributed by atoms with van der Waals surface area (Å²) in [6.45, 7) is 1.73. The van der Waals surface area contributed by atoms with E-state index in [1.165, 1.54) is 12.1 Å². The molecule has 0 atom stereocenters. The average molecular weight is 440 g/mol. The lowest BCUT2D eigenvalue weighted by Gasteiger charge is -2.15. The van der Waals surface area contributed by atoms with E-state index in [-0.39, 0.29) is 36.6 Å². The maximum absolute atomic E-state index is 14.9. The van der Waals surface area contributed by atoms with E-state index in [0.717, 1.165) is 12.3 Å². The fourth-order valence-electron chi connectivity index (χ4n) is 2.41. The number of carbonyl (C=O) groups excluding carboxylic acids is 1. The number of likely N-dealkylation sites (N-methyl/N-ethyl adjacent to an activating group) is 1. The van der Waals surface area contributed by atoms with Gasteiger partial charge in [-0.25, -0.2) is 18.7 Å². The van der Waals surface area contributed by atoms with Gasteiger partial charge in [0.1, 0.15) is 12.4 Å². The zero-order valence-corrected chi connectivity index (χ0v) is 17.0. The molecule has 31 heavy (non-hydrogen) atoms. The number of aryl methyl sites for hydroxylation is 1. The fourth-order valence-corrected chi connectivity index (χ4v) is 2.41. The van der Waals surface area contributed by atoms with Gasteiger partial charge in [-0.1, -0.05) is 11.2 Å². The molecule has 0 aliphatic rings. The van der Waals surface area contributed by atoms with Gasteiger partial charge in [0.2, 0.25) is 0 Å². The monoisotopic (exact) mass is 440 g/mol. The van der Waals surface area contributed by atoms with Crippen molar-refractivity contribution in [1.82, 2.24) is 10.8 Å². The third kappa shape index (κ3) is 6.67. The molecule has 0 aliphatic carbocycles. The second-order valence-electron chi connectivity index (χ2n) is 6.30. The molecule has 0 spiro atoms. The van der Waals surface area contributed by atoms with Crippen LogP contribution in [0, 0.1) is 24.4 Å². The fraction of sp³-hybridized carbons (Fsp3) is 0.300. The standard InChI is InChI=1S/C20H23F3N4O4/c1-12-3-4-16(15(21)9-12)26-19-14(20(29)27-31-8-6-28)10-13(17(22)18(19)23)11-25-30-7-5-24-2/h3-4,9-11,24,26,28H,5-8H2,1-2H3,(H,27,29)/b25-11+.